The first-order valence-electron chi connectivity index (χ1n) is 7.98. The highest BCUT2D eigenvalue weighted by Crippen LogP contribution is 2.17. The van der Waals surface area contributed by atoms with Crippen molar-refractivity contribution >= 4 is 23.6 Å². The van der Waals surface area contributed by atoms with Crippen molar-refractivity contribution in [2.24, 2.45) is 0 Å². The highest BCUT2D eigenvalue weighted by molar-refractivity contribution is 8.00. The number of thioether (sulfide) groups is 1. The fraction of sp³-hybridized carbons (Fsp3) is 0.263. The first kappa shape index (κ1) is 19.0. The molecule has 0 saturated carbocycles. The Morgan fingerprint density at radius 3 is 2.48 bits per heavy atom. The number of carbonyl (C=O) groups excluding carboxylic acids is 2. The monoisotopic (exact) mass is 361 g/mol. The molecule has 0 unspecified atom stereocenters. The number of nitrogens with one attached hydrogen (secondary N) is 1. The molecule has 25 heavy (non-hydrogen) atoms. The summed E-state index contributed by atoms with van der Waals surface area (Å²) in [6, 6.07) is 15.9. The smallest absolute Gasteiger partial charge is 0.316 e. The van der Waals surface area contributed by atoms with Crippen LogP contribution in [-0.4, -0.2) is 30.8 Å². The van der Waals surface area contributed by atoms with Gasteiger partial charge >= 0.3 is 5.97 Å². The topological polar surface area (TPSA) is 55.4 Å². The number of halogens is 1. The molecule has 0 aliphatic carbocycles. The molecule has 1 N–H and O–H groups in total. The van der Waals surface area contributed by atoms with E-state index in [1.54, 1.807) is 12.1 Å². The third-order valence-electron chi connectivity index (χ3n) is 3.34. The molecule has 0 bridgehead atoms. The van der Waals surface area contributed by atoms with E-state index in [4.69, 9.17) is 4.74 Å². The van der Waals surface area contributed by atoms with Gasteiger partial charge in [0, 0.05) is 11.4 Å². The van der Waals surface area contributed by atoms with Crippen molar-refractivity contribution in [2.45, 2.75) is 17.7 Å². The van der Waals surface area contributed by atoms with Crippen LogP contribution in [0.4, 0.5) is 4.39 Å². The molecule has 0 aliphatic rings. The van der Waals surface area contributed by atoms with Crippen LogP contribution in [0.25, 0.3) is 0 Å². The predicted octanol–water partition coefficient (Wildman–Crippen LogP) is 3.21. The summed E-state index contributed by atoms with van der Waals surface area (Å²) in [7, 11) is 0. The molecular formula is C19H20FNO3S. The summed E-state index contributed by atoms with van der Waals surface area (Å²) in [6.45, 7) is 0.254. The van der Waals surface area contributed by atoms with Gasteiger partial charge in [-0.1, -0.05) is 30.3 Å². The third-order valence-corrected chi connectivity index (χ3v) is 4.33. The number of rotatable bonds is 9. The molecule has 0 aliphatic heterocycles. The van der Waals surface area contributed by atoms with E-state index in [2.05, 4.69) is 5.32 Å². The van der Waals surface area contributed by atoms with Crippen LogP contribution in [0.15, 0.2) is 59.5 Å². The number of carbonyl (C=O) groups is 2. The number of benzene rings is 2. The quantitative estimate of drug-likeness (QED) is 0.423. The zero-order valence-corrected chi connectivity index (χ0v) is 14.6. The van der Waals surface area contributed by atoms with Crippen molar-refractivity contribution in [2.75, 3.05) is 18.9 Å². The molecule has 0 atom stereocenters. The number of esters is 1. The SMILES string of the molecule is O=C(COC(=O)CSc1ccc(F)cc1)NCCCc1ccccc1. The van der Waals surface area contributed by atoms with E-state index in [9.17, 15) is 14.0 Å². The van der Waals surface area contributed by atoms with Gasteiger partial charge in [0.05, 0.1) is 5.75 Å². The summed E-state index contributed by atoms with van der Waals surface area (Å²) >= 11 is 1.24. The van der Waals surface area contributed by atoms with Crippen molar-refractivity contribution in [3.05, 3.63) is 66.0 Å². The Labute approximate surface area is 150 Å². The predicted molar refractivity (Wildman–Crippen MR) is 95.9 cm³/mol. The molecular weight excluding hydrogens is 341 g/mol. The number of hydrogen-bond acceptors (Lipinski definition) is 4. The molecule has 0 spiro atoms. The Morgan fingerprint density at radius 2 is 1.76 bits per heavy atom. The summed E-state index contributed by atoms with van der Waals surface area (Å²) in [4.78, 5) is 24.0. The van der Waals surface area contributed by atoms with Crippen LogP contribution in [-0.2, 0) is 20.7 Å². The van der Waals surface area contributed by atoms with Crippen molar-refractivity contribution in [1.29, 1.82) is 0 Å². The van der Waals surface area contributed by atoms with Crippen LogP contribution in [0.3, 0.4) is 0 Å². The average Bonchev–Trinajstić information content (AvgIpc) is 2.64. The fourth-order valence-electron chi connectivity index (χ4n) is 2.08. The molecule has 2 aromatic carbocycles. The largest absolute Gasteiger partial charge is 0.455 e. The second kappa shape index (κ2) is 10.5. The van der Waals surface area contributed by atoms with Gasteiger partial charge in [-0.25, -0.2) is 4.39 Å². The maximum Gasteiger partial charge on any atom is 0.316 e. The molecule has 2 aromatic rings. The van der Waals surface area contributed by atoms with E-state index in [-0.39, 0.29) is 24.1 Å². The van der Waals surface area contributed by atoms with Gasteiger partial charge in [-0.15, -0.1) is 11.8 Å². The van der Waals surface area contributed by atoms with Crippen molar-refractivity contribution < 1.29 is 18.7 Å². The fourth-order valence-corrected chi connectivity index (χ4v) is 2.77. The van der Waals surface area contributed by atoms with Gasteiger partial charge in [0.2, 0.25) is 0 Å². The molecule has 1 amide bonds. The summed E-state index contributed by atoms with van der Waals surface area (Å²) in [5.41, 5.74) is 1.22. The van der Waals surface area contributed by atoms with Gasteiger partial charge < -0.3 is 10.1 Å². The minimum atomic E-state index is -0.478. The van der Waals surface area contributed by atoms with E-state index >= 15 is 0 Å². The normalized spacial score (nSPS) is 10.3. The van der Waals surface area contributed by atoms with Gasteiger partial charge in [0.1, 0.15) is 5.82 Å². The van der Waals surface area contributed by atoms with Gasteiger partial charge in [-0.3, -0.25) is 9.59 Å². The van der Waals surface area contributed by atoms with Crippen LogP contribution >= 0.6 is 11.8 Å². The van der Waals surface area contributed by atoms with E-state index in [1.165, 1.54) is 29.5 Å². The number of ether oxygens (including phenoxy) is 1. The Kier molecular flexibility index (Phi) is 7.98. The van der Waals surface area contributed by atoms with E-state index in [0.717, 1.165) is 17.7 Å². The van der Waals surface area contributed by atoms with Crippen LogP contribution in [0.1, 0.15) is 12.0 Å². The molecule has 0 saturated heterocycles. The minimum absolute atomic E-state index is 0.0763. The number of amides is 1. The Balaban J connectivity index is 1.54. The maximum absolute atomic E-state index is 12.8. The van der Waals surface area contributed by atoms with Gasteiger partial charge in [-0.2, -0.15) is 0 Å². The Bertz CT molecular complexity index is 677. The molecule has 0 heterocycles. The van der Waals surface area contributed by atoms with Crippen molar-refractivity contribution in [3.63, 3.8) is 0 Å². The second-order valence-electron chi connectivity index (χ2n) is 5.34. The van der Waals surface area contributed by atoms with E-state index in [1.807, 2.05) is 30.3 Å². The first-order valence-corrected chi connectivity index (χ1v) is 8.96. The van der Waals surface area contributed by atoms with Gasteiger partial charge in [-0.05, 0) is 42.7 Å². The maximum atomic E-state index is 12.8. The number of hydrogen-bond donors (Lipinski definition) is 1. The molecule has 0 fully saturated rings. The lowest BCUT2D eigenvalue weighted by atomic mass is 10.1. The molecule has 2 rings (SSSR count). The lowest BCUT2D eigenvalue weighted by Crippen LogP contribution is -2.30. The van der Waals surface area contributed by atoms with Crippen molar-refractivity contribution in [3.8, 4) is 0 Å². The summed E-state index contributed by atoms with van der Waals surface area (Å²) < 4.78 is 17.7. The molecule has 4 nitrogen and oxygen atoms in total. The highest BCUT2D eigenvalue weighted by atomic mass is 32.2. The lowest BCUT2D eigenvalue weighted by molar-refractivity contribution is -0.145. The van der Waals surface area contributed by atoms with Crippen LogP contribution in [0.2, 0.25) is 0 Å². The average molecular weight is 361 g/mol. The third kappa shape index (κ3) is 7.85. The van der Waals surface area contributed by atoms with Crippen LogP contribution in [0.5, 0.6) is 0 Å². The van der Waals surface area contributed by atoms with Gasteiger partial charge in [0.25, 0.3) is 5.91 Å². The molecule has 0 aromatic heterocycles. The second-order valence-corrected chi connectivity index (χ2v) is 6.39. The standard InChI is InChI=1S/C19H20FNO3S/c20-16-8-10-17(11-9-16)25-14-19(23)24-13-18(22)21-12-4-7-15-5-2-1-3-6-15/h1-3,5-6,8-11H,4,7,12-14H2,(H,21,22). The van der Waals surface area contributed by atoms with E-state index in [0.29, 0.717) is 6.54 Å². The highest BCUT2D eigenvalue weighted by Gasteiger charge is 2.08. The molecule has 132 valence electrons. The minimum Gasteiger partial charge on any atom is -0.455 e. The molecule has 6 heteroatoms. The lowest BCUT2D eigenvalue weighted by Gasteiger charge is -2.07. The Hall–Kier alpha value is -2.34. The zero-order valence-electron chi connectivity index (χ0n) is 13.7. The summed E-state index contributed by atoms with van der Waals surface area (Å²) in [6.07, 6.45) is 1.71. The first-order chi connectivity index (χ1) is 12.1. The number of aryl methyl sites for hydroxylation is 1. The van der Waals surface area contributed by atoms with E-state index < -0.39 is 5.97 Å². The summed E-state index contributed by atoms with van der Waals surface area (Å²) in [5, 5.41) is 2.72. The van der Waals surface area contributed by atoms with Gasteiger partial charge in [0.15, 0.2) is 6.61 Å². The van der Waals surface area contributed by atoms with Crippen LogP contribution < -0.4 is 5.32 Å². The summed E-state index contributed by atoms with van der Waals surface area (Å²) in [5.74, 6) is -1.04. The molecule has 0 radical (unpaired) electrons. The van der Waals surface area contributed by atoms with Crippen LogP contribution in [0, 0.1) is 5.82 Å². The van der Waals surface area contributed by atoms with Crippen molar-refractivity contribution in [1.82, 2.24) is 5.32 Å². The Morgan fingerprint density at radius 1 is 1.04 bits per heavy atom. The zero-order chi connectivity index (χ0) is 17.9.